The van der Waals surface area contributed by atoms with E-state index in [1.165, 1.54) is 0 Å². The number of benzene rings is 1. The van der Waals surface area contributed by atoms with Gasteiger partial charge in [0, 0.05) is 11.1 Å². The number of aromatic nitrogens is 2. The minimum absolute atomic E-state index is 0.488. The maximum absolute atomic E-state index is 11.8. The van der Waals surface area contributed by atoms with Crippen LogP contribution in [0.15, 0.2) is 48.7 Å². The number of H-pyrrole nitrogens is 1. The Hall–Kier alpha value is -2.82. The van der Waals surface area contributed by atoms with E-state index >= 15 is 0 Å². The highest BCUT2D eigenvalue weighted by Crippen LogP contribution is 2.24. The number of carbonyl (C=O) groups is 1. The lowest BCUT2D eigenvalue weighted by atomic mass is 10.1. The number of fused-ring (bicyclic) bond motifs is 1. The number of hydrogen-bond donors (Lipinski definition) is 2. The number of nitrogens with zero attached hydrogens (tertiary/aromatic N) is 1. The molecule has 3 aromatic rings. The van der Waals surface area contributed by atoms with Crippen molar-refractivity contribution in [1.82, 2.24) is 9.97 Å². The summed E-state index contributed by atoms with van der Waals surface area (Å²) in [7, 11) is 0. The fraction of sp³-hybridized carbons (Fsp3) is 0.222. The van der Waals surface area contributed by atoms with Crippen LogP contribution in [-0.2, 0) is 4.74 Å². The summed E-state index contributed by atoms with van der Waals surface area (Å²) in [5.74, 6) is 0. The Morgan fingerprint density at radius 3 is 2.61 bits per heavy atom. The summed E-state index contributed by atoms with van der Waals surface area (Å²) in [6.07, 6.45) is 1.12. The van der Waals surface area contributed by atoms with Crippen LogP contribution in [0.1, 0.15) is 20.8 Å². The molecule has 5 nitrogen and oxygen atoms in total. The van der Waals surface area contributed by atoms with Gasteiger partial charge in [0.25, 0.3) is 0 Å². The summed E-state index contributed by atoms with van der Waals surface area (Å²) < 4.78 is 5.24. The number of amides is 1. The van der Waals surface area contributed by atoms with Gasteiger partial charge in [0.15, 0.2) is 0 Å². The van der Waals surface area contributed by atoms with Gasteiger partial charge in [0.1, 0.15) is 11.2 Å². The van der Waals surface area contributed by atoms with Crippen LogP contribution in [0.3, 0.4) is 0 Å². The first-order valence-electron chi connectivity index (χ1n) is 7.45. The molecule has 2 heterocycles. The molecule has 2 aromatic heterocycles. The third-order valence-corrected chi connectivity index (χ3v) is 3.20. The predicted molar refractivity (Wildman–Crippen MR) is 91.4 cm³/mol. The second kappa shape index (κ2) is 5.76. The van der Waals surface area contributed by atoms with Crippen LogP contribution in [0.4, 0.5) is 10.5 Å². The van der Waals surface area contributed by atoms with Crippen molar-refractivity contribution in [2.75, 3.05) is 5.32 Å². The minimum Gasteiger partial charge on any atom is -0.444 e. The fourth-order valence-corrected chi connectivity index (χ4v) is 2.28. The summed E-state index contributed by atoms with van der Waals surface area (Å²) in [6, 6.07) is 13.9. The number of ether oxygens (including phenoxy) is 1. The normalized spacial score (nSPS) is 11.4. The quantitative estimate of drug-likeness (QED) is 0.728. The van der Waals surface area contributed by atoms with Gasteiger partial charge < -0.3 is 9.72 Å². The van der Waals surface area contributed by atoms with Gasteiger partial charge >= 0.3 is 6.09 Å². The lowest BCUT2D eigenvalue weighted by molar-refractivity contribution is 0.0636. The van der Waals surface area contributed by atoms with Crippen molar-refractivity contribution in [3.8, 4) is 11.3 Å². The Morgan fingerprint density at radius 2 is 1.91 bits per heavy atom. The Kier molecular flexibility index (Phi) is 3.78. The standard InChI is InChI=1S/C18H19N3O2/c1-18(2,3)23-17(22)20-14-9-13-10-15(21-16(13)19-11-14)12-7-5-4-6-8-12/h4-11H,1-3H3,(H,19,21)(H,20,22). The van der Waals surface area contributed by atoms with Crippen LogP contribution in [0.2, 0.25) is 0 Å². The lowest BCUT2D eigenvalue weighted by Crippen LogP contribution is -2.27. The maximum atomic E-state index is 11.8. The Bertz CT molecular complexity index is 832. The highest BCUT2D eigenvalue weighted by atomic mass is 16.6. The van der Waals surface area contributed by atoms with Crippen LogP contribution in [0, 0.1) is 0 Å². The van der Waals surface area contributed by atoms with E-state index in [0.29, 0.717) is 5.69 Å². The highest BCUT2D eigenvalue weighted by Gasteiger charge is 2.16. The molecular weight excluding hydrogens is 290 g/mol. The minimum atomic E-state index is -0.532. The highest BCUT2D eigenvalue weighted by molar-refractivity contribution is 5.90. The molecule has 2 N–H and O–H groups in total. The van der Waals surface area contributed by atoms with Crippen molar-refractivity contribution in [3.05, 3.63) is 48.7 Å². The van der Waals surface area contributed by atoms with E-state index in [1.807, 2.05) is 63.2 Å². The number of rotatable bonds is 2. The van der Waals surface area contributed by atoms with Gasteiger partial charge in [-0.05, 0) is 38.5 Å². The number of hydrogen-bond acceptors (Lipinski definition) is 3. The molecule has 1 amide bonds. The molecule has 0 atom stereocenters. The predicted octanol–water partition coefficient (Wildman–Crippen LogP) is 4.58. The van der Waals surface area contributed by atoms with Gasteiger partial charge in [-0.15, -0.1) is 0 Å². The van der Waals surface area contributed by atoms with E-state index < -0.39 is 11.7 Å². The second-order valence-electron chi connectivity index (χ2n) is 6.34. The van der Waals surface area contributed by atoms with Crippen molar-refractivity contribution < 1.29 is 9.53 Å². The third-order valence-electron chi connectivity index (χ3n) is 3.20. The van der Waals surface area contributed by atoms with Gasteiger partial charge in [0.05, 0.1) is 11.9 Å². The first kappa shape index (κ1) is 15.1. The fourth-order valence-electron chi connectivity index (χ4n) is 2.28. The van der Waals surface area contributed by atoms with Crippen LogP contribution in [-0.4, -0.2) is 21.7 Å². The third kappa shape index (κ3) is 3.69. The van der Waals surface area contributed by atoms with Crippen molar-refractivity contribution in [2.45, 2.75) is 26.4 Å². The molecule has 23 heavy (non-hydrogen) atoms. The summed E-state index contributed by atoms with van der Waals surface area (Å²) in [5, 5.41) is 3.63. The average Bonchev–Trinajstić information content (AvgIpc) is 2.89. The number of nitrogens with one attached hydrogen (secondary N) is 2. The van der Waals surface area contributed by atoms with Gasteiger partial charge in [-0.3, -0.25) is 5.32 Å². The Morgan fingerprint density at radius 1 is 1.17 bits per heavy atom. The molecule has 0 radical (unpaired) electrons. The van der Waals surface area contributed by atoms with Gasteiger partial charge in [0.2, 0.25) is 0 Å². The summed E-state index contributed by atoms with van der Waals surface area (Å²) in [5.41, 5.74) is 2.93. The topological polar surface area (TPSA) is 67.0 Å². The van der Waals surface area contributed by atoms with Crippen molar-refractivity contribution in [1.29, 1.82) is 0 Å². The smallest absolute Gasteiger partial charge is 0.412 e. The van der Waals surface area contributed by atoms with E-state index in [2.05, 4.69) is 15.3 Å². The number of anilines is 1. The largest absolute Gasteiger partial charge is 0.444 e. The van der Waals surface area contributed by atoms with Crippen LogP contribution < -0.4 is 5.32 Å². The molecule has 0 unspecified atom stereocenters. The molecule has 5 heteroatoms. The molecule has 0 bridgehead atoms. The molecule has 0 fully saturated rings. The molecule has 1 aromatic carbocycles. The number of pyridine rings is 1. The SMILES string of the molecule is CC(C)(C)OC(=O)Nc1cnc2[nH]c(-c3ccccc3)cc2c1. The molecule has 0 aliphatic heterocycles. The molecule has 0 aliphatic rings. The molecule has 0 saturated heterocycles. The number of aromatic amines is 1. The molecular formula is C18H19N3O2. The average molecular weight is 309 g/mol. The van der Waals surface area contributed by atoms with Crippen LogP contribution >= 0.6 is 0 Å². The van der Waals surface area contributed by atoms with E-state index in [9.17, 15) is 4.79 Å². The summed E-state index contributed by atoms with van der Waals surface area (Å²) >= 11 is 0. The van der Waals surface area contributed by atoms with Gasteiger partial charge in [-0.25, -0.2) is 9.78 Å². The molecule has 118 valence electrons. The summed E-state index contributed by atoms with van der Waals surface area (Å²) in [4.78, 5) is 19.4. The van der Waals surface area contributed by atoms with Crippen molar-refractivity contribution >= 4 is 22.8 Å². The molecule has 0 aliphatic carbocycles. The van der Waals surface area contributed by atoms with Crippen molar-refractivity contribution in [2.24, 2.45) is 0 Å². The van der Waals surface area contributed by atoms with Crippen molar-refractivity contribution in [3.63, 3.8) is 0 Å². The Labute approximate surface area is 134 Å². The zero-order chi connectivity index (χ0) is 16.4. The monoisotopic (exact) mass is 309 g/mol. The summed E-state index contributed by atoms with van der Waals surface area (Å²) in [6.45, 7) is 5.48. The second-order valence-corrected chi connectivity index (χ2v) is 6.34. The van der Waals surface area contributed by atoms with E-state index in [4.69, 9.17) is 4.74 Å². The number of carbonyl (C=O) groups excluding carboxylic acids is 1. The zero-order valence-electron chi connectivity index (χ0n) is 13.4. The van der Waals surface area contributed by atoms with E-state index in [-0.39, 0.29) is 0 Å². The Balaban J connectivity index is 1.84. The molecule has 3 rings (SSSR count). The lowest BCUT2D eigenvalue weighted by Gasteiger charge is -2.19. The van der Waals surface area contributed by atoms with E-state index in [1.54, 1.807) is 6.20 Å². The van der Waals surface area contributed by atoms with Crippen LogP contribution in [0.25, 0.3) is 22.3 Å². The maximum Gasteiger partial charge on any atom is 0.412 e. The molecule has 0 spiro atoms. The van der Waals surface area contributed by atoms with E-state index in [0.717, 1.165) is 22.3 Å². The first-order valence-corrected chi connectivity index (χ1v) is 7.45. The zero-order valence-corrected chi connectivity index (χ0v) is 13.4. The molecule has 0 saturated carbocycles. The van der Waals surface area contributed by atoms with Gasteiger partial charge in [-0.1, -0.05) is 30.3 Å². The first-order chi connectivity index (χ1) is 10.9. The van der Waals surface area contributed by atoms with Gasteiger partial charge in [-0.2, -0.15) is 0 Å². The van der Waals surface area contributed by atoms with Crippen LogP contribution in [0.5, 0.6) is 0 Å².